The lowest BCUT2D eigenvalue weighted by molar-refractivity contribution is 0.668. The molecule has 12 aromatic rings. The second kappa shape index (κ2) is 15.9. The fourth-order valence-electron chi connectivity index (χ4n) is 11.1. The summed E-state index contributed by atoms with van der Waals surface area (Å²) in [6, 6.07) is 80.3. The molecule has 0 saturated heterocycles. The van der Waals surface area contributed by atoms with Crippen molar-refractivity contribution in [2.45, 2.75) is 5.41 Å². The lowest BCUT2D eigenvalue weighted by Crippen LogP contribution is -2.28. The zero-order valence-corrected chi connectivity index (χ0v) is 37.1. The first-order valence-electron chi connectivity index (χ1n) is 23.2. The van der Waals surface area contributed by atoms with E-state index in [9.17, 15) is 0 Å². The molecule has 0 amide bonds. The van der Waals surface area contributed by atoms with Crippen LogP contribution in [0.5, 0.6) is 0 Å². The van der Waals surface area contributed by atoms with Gasteiger partial charge in [0.2, 0.25) is 0 Å². The Morgan fingerprint density at radius 3 is 1.82 bits per heavy atom. The van der Waals surface area contributed by atoms with Crippen molar-refractivity contribution in [2.75, 3.05) is 4.90 Å². The predicted octanol–water partition coefficient (Wildman–Crippen LogP) is 17.6. The Hall–Kier alpha value is -8.92. The number of rotatable bonds is 9. The second-order valence-corrected chi connectivity index (χ2v) is 17.5. The molecule has 0 N–H and O–H groups in total. The third-order valence-electron chi connectivity index (χ3n) is 14.0. The maximum Gasteiger partial charge on any atom is 0.143 e. The van der Waals surface area contributed by atoms with Crippen LogP contribution in [0.25, 0.3) is 83.0 Å². The number of fused-ring (bicyclic) bond motifs is 11. The summed E-state index contributed by atoms with van der Waals surface area (Å²) < 4.78 is 13.5. The van der Waals surface area contributed by atoms with E-state index >= 15 is 0 Å². The molecular formula is C65H43NO2. The van der Waals surface area contributed by atoms with E-state index in [0.29, 0.717) is 0 Å². The first kappa shape index (κ1) is 39.4. The summed E-state index contributed by atoms with van der Waals surface area (Å²) in [7, 11) is 0. The minimum atomic E-state index is -0.582. The van der Waals surface area contributed by atoms with Gasteiger partial charge in [0.25, 0.3) is 0 Å². The van der Waals surface area contributed by atoms with Crippen LogP contribution in [0.2, 0.25) is 0 Å². The molecule has 320 valence electrons. The molecule has 0 radical (unpaired) electrons. The quantitative estimate of drug-likeness (QED) is 0.135. The molecule has 0 bridgehead atoms. The maximum atomic E-state index is 7.02. The van der Waals surface area contributed by atoms with Gasteiger partial charge in [-0.15, -0.1) is 0 Å². The molecule has 3 nitrogen and oxygen atoms in total. The van der Waals surface area contributed by atoms with Gasteiger partial charge in [-0.3, -0.25) is 0 Å². The zero-order chi connectivity index (χ0) is 45.2. The minimum absolute atomic E-state index is 0.582. The molecule has 0 atom stereocenters. The Labute approximate surface area is 394 Å². The second-order valence-electron chi connectivity index (χ2n) is 17.5. The number of furan rings is 2. The molecule has 3 heteroatoms. The van der Waals surface area contributed by atoms with E-state index in [-0.39, 0.29) is 0 Å². The van der Waals surface area contributed by atoms with Gasteiger partial charge in [0, 0.05) is 54.9 Å². The maximum absolute atomic E-state index is 7.02. The lowest BCUT2D eigenvalue weighted by atomic mass is 9.68. The Morgan fingerprint density at radius 1 is 0.426 bits per heavy atom. The lowest BCUT2D eigenvalue weighted by Gasteiger charge is -2.34. The van der Waals surface area contributed by atoms with E-state index in [1.54, 1.807) is 0 Å². The summed E-state index contributed by atoms with van der Waals surface area (Å²) in [6.45, 7) is 4.53. The highest BCUT2D eigenvalue weighted by Gasteiger charge is 2.47. The Balaban J connectivity index is 1.07. The average molecular weight is 870 g/mol. The topological polar surface area (TPSA) is 29.5 Å². The normalized spacial score (nSPS) is 13.2. The van der Waals surface area contributed by atoms with Gasteiger partial charge < -0.3 is 13.7 Å². The van der Waals surface area contributed by atoms with Crippen LogP contribution in [0.15, 0.2) is 264 Å². The number of hydrogen-bond acceptors (Lipinski definition) is 3. The molecule has 0 unspecified atom stereocenters. The molecule has 0 fully saturated rings. The summed E-state index contributed by atoms with van der Waals surface area (Å²) in [5.74, 6) is 0. The first-order chi connectivity index (χ1) is 33.7. The van der Waals surface area contributed by atoms with Crippen LogP contribution >= 0.6 is 0 Å². The highest BCUT2D eigenvalue weighted by atomic mass is 16.3. The molecule has 0 aliphatic heterocycles. The number of nitrogens with zero attached hydrogens (tertiary/aromatic N) is 1. The molecule has 0 saturated carbocycles. The van der Waals surface area contributed by atoms with Gasteiger partial charge in [-0.1, -0.05) is 219 Å². The van der Waals surface area contributed by atoms with Crippen LogP contribution in [-0.2, 0) is 5.41 Å². The largest absolute Gasteiger partial charge is 0.455 e. The van der Waals surface area contributed by atoms with Crippen LogP contribution in [0.1, 0.15) is 27.8 Å². The summed E-state index contributed by atoms with van der Waals surface area (Å²) in [4.78, 5) is 2.40. The van der Waals surface area contributed by atoms with Gasteiger partial charge >= 0.3 is 0 Å². The van der Waals surface area contributed by atoms with E-state index in [4.69, 9.17) is 8.83 Å². The van der Waals surface area contributed by atoms with Crippen LogP contribution in [0.3, 0.4) is 0 Å². The fourth-order valence-corrected chi connectivity index (χ4v) is 11.1. The molecule has 10 aromatic carbocycles. The number of anilines is 2. The number of para-hydroxylation sites is 4. The van der Waals surface area contributed by atoms with Crippen molar-refractivity contribution in [3.05, 3.63) is 283 Å². The molecule has 0 spiro atoms. The minimum Gasteiger partial charge on any atom is -0.455 e. The van der Waals surface area contributed by atoms with E-state index in [2.05, 4.69) is 242 Å². The van der Waals surface area contributed by atoms with Crippen LogP contribution in [-0.4, -0.2) is 0 Å². The standard InChI is InChI=1S/C65H43NO2/c1-2-47(28-17-22-44-23-18-33-52-50-31-13-16-40-60(50)67-62(44)52)66(58-38-15-12-30-49(58)51-34-19-35-53-54-42-41-43-21-9-10-29-48(43)63(54)68-64(51)53)59-39-20-37-57-61(59)55-32-11-14-36-56(55)65(57,45-24-5-3-6-25-45)46-26-7-4-8-27-46/h2-42H,1H2/b22-17+,47-28+. The Morgan fingerprint density at radius 2 is 1.01 bits per heavy atom. The summed E-state index contributed by atoms with van der Waals surface area (Å²) in [5.41, 5.74) is 16.1. The molecule has 2 heterocycles. The third-order valence-corrected chi connectivity index (χ3v) is 14.0. The molecule has 2 aromatic heterocycles. The van der Waals surface area contributed by atoms with Crippen molar-refractivity contribution in [1.82, 2.24) is 0 Å². The van der Waals surface area contributed by atoms with Gasteiger partial charge in [-0.2, -0.15) is 0 Å². The monoisotopic (exact) mass is 869 g/mol. The van der Waals surface area contributed by atoms with Gasteiger partial charge in [0.1, 0.15) is 22.3 Å². The summed E-state index contributed by atoms with van der Waals surface area (Å²) in [6.07, 6.45) is 8.40. The van der Waals surface area contributed by atoms with Gasteiger partial charge in [-0.25, -0.2) is 0 Å². The van der Waals surface area contributed by atoms with E-state index in [1.807, 2.05) is 18.2 Å². The van der Waals surface area contributed by atoms with Gasteiger partial charge in [0.15, 0.2) is 0 Å². The van der Waals surface area contributed by atoms with Crippen molar-refractivity contribution >= 4 is 72.1 Å². The fraction of sp³-hybridized carbons (Fsp3) is 0.0154. The molecular weight excluding hydrogens is 827 g/mol. The highest BCUT2D eigenvalue weighted by molar-refractivity contribution is 6.18. The summed E-state index contributed by atoms with van der Waals surface area (Å²) >= 11 is 0. The van der Waals surface area contributed by atoms with Crippen molar-refractivity contribution in [1.29, 1.82) is 0 Å². The SMILES string of the molecule is C=C/C(=C\C=C\c1cccc2c1oc1ccccc12)N(c1ccccc1-c1cccc2c1oc1c3ccccc3ccc21)c1cccc2c1-c1ccccc1C2(c1ccccc1)c1ccccc1. The van der Waals surface area contributed by atoms with E-state index in [0.717, 1.165) is 88.4 Å². The van der Waals surface area contributed by atoms with Crippen molar-refractivity contribution in [2.24, 2.45) is 0 Å². The first-order valence-corrected chi connectivity index (χ1v) is 23.2. The number of benzene rings is 10. The smallest absolute Gasteiger partial charge is 0.143 e. The van der Waals surface area contributed by atoms with Gasteiger partial charge in [-0.05, 0) is 69.6 Å². The molecule has 1 aliphatic carbocycles. The van der Waals surface area contributed by atoms with Crippen molar-refractivity contribution in [3.63, 3.8) is 0 Å². The molecule has 68 heavy (non-hydrogen) atoms. The third kappa shape index (κ3) is 5.92. The summed E-state index contributed by atoms with van der Waals surface area (Å²) in [5, 5.41) is 6.63. The van der Waals surface area contributed by atoms with E-state index < -0.39 is 5.41 Å². The molecule has 13 rings (SSSR count). The van der Waals surface area contributed by atoms with Gasteiger partial charge in [0.05, 0.1) is 16.8 Å². The van der Waals surface area contributed by atoms with E-state index in [1.165, 1.54) is 33.4 Å². The Kier molecular flexibility index (Phi) is 9.23. The van der Waals surface area contributed by atoms with Crippen molar-refractivity contribution in [3.8, 4) is 22.3 Å². The predicted molar refractivity (Wildman–Crippen MR) is 284 cm³/mol. The number of hydrogen-bond donors (Lipinski definition) is 0. The van der Waals surface area contributed by atoms with Crippen LogP contribution in [0, 0.1) is 0 Å². The highest BCUT2D eigenvalue weighted by Crippen LogP contribution is 2.59. The molecule has 1 aliphatic rings. The number of allylic oxidation sites excluding steroid dienone is 3. The zero-order valence-electron chi connectivity index (χ0n) is 37.1. The Bertz CT molecular complexity index is 3960. The van der Waals surface area contributed by atoms with Crippen LogP contribution < -0.4 is 4.90 Å². The average Bonchev–Trinajstić information content (AvgIpc) is 4.08. The van der Waals surface area contributed by atoms with Crippen LogP contribution in [0.4, 0.5) is 11.4 Å². The van der Waals surface area contributed by atoms with Crippen molar-refractivity contribution < 1.29 is 8.83 Å².